The van der Waals surface area contributed by atoms with Gasteiger partial charge in [0.05, 0.1) is 43.3 Å². The number of halogens is 2. The Morgan fingerprint density at radius 3 is 2.56 bits per heavy atom. The zero-order chi connectivity index (χ0) is 23.0. The van der Waals surface area contributed by atoms with Crippen LogP contribution in [0.5, 0.6) is 11.5 Å². The van der Waals surface area contributed by atoms with E-state index in [4.69, 9.17) is 19.2 Å². The molecule has 4 unspecified atom stereocenters. The summed E-state index contributed by atoms with van der Waals surface area (Å²) < 4.78 is 18.3. The zero-order valence-electron chi connectivity index (χ0n) is 18.7. The van der Waals surface area contributed by atoms with E-state index in [1.54, 1.807) is 14.2 Å². The molecule has 2 heterocycles. The van der Waals surface area contributed by atoms with Gasteiger partial charge in [0.2, 0.25) is 0 Å². The summed E-state index contributed by atoms with van der Waals surface area (Å²) in [7, 11) is 3.29. The number of hydrogen-bond acceptors (Lipinski definition) is 6. The van der Waals surface area contributed by atoms with Crippen molar-refractivity contribution in [2.24, 2.45) is 16.8 Å². The molecule has 0 saturated heterocycles. The van der Waals surface area contributed by atoms with Gasteiger partial charge in [0.15, 0.2) is 11.5 Å². The molecule has 0 spiro atoms. The predicted octanol–water partition coefficient (Wildman–Crippen LogP) is 5.73. The molecule has 0 amide bonds. The van der Waals surface area contributed by atoms with E-state index < -0.39 is 0 Å². The first-order valence-corrected chi connectivity index (χ1v) is 12.5. The molecule has 4 atom stereocenters. The second-order valence-corrected chi connectivity index (χ2v) is 9.99. The Labute approximate surface area is 205 Å². The van der Waals surface area contributed by atoms with Gasteiger partial charge < -0.3 is 19.1 Å². The monoisotopic (exact) mass is 566 g/mol. The third-order valence-corrected chi connectivity index (χ3v) is 8.06. The van der Waals surface area contributed by atoms with E-state index in [9.17, 15) is 4.79 Å². The molecule has 6 nitrogen and oxygen atoms in total. The summed E-state index contributed by atoms with van der Waals surface area (Å²) in [5.74, 6) is 2.33. The van der Waals surface area contributed by atoms with Crippen molar-refractivity contribution in [3.63, 3.8) is 0 Å². The second kappa shape index (κ2) is 9.59. The summed E-state index contributed by atoms with van der Waals surface area (Å²) in [5.41, 5.74) is 2.22. The highest BCUT2D eigenvalue weighted by atomic mass is 79.9. The zero-order valence-corrected chi connectivity index (χ0v) is 21.9. The molecule has 1 saturated carbocycles. The molecule has 0 radical (unpaired) electrons. The first kappa shape index (κ1) is 23.4. The predicted molar refractivity (Wildman–Crippen MR) is 131 cm³/mol. The van der Waals surface area contributed by atoms with Crippen molar-refractivity contribution >= 4 is 43.7 Å². The number of benzene rings is 1. The maximum absolute atomic E-state index is 12.5. The molecule has 4 rings (SSSR count). The van der Waals surface area contributed by atoms with Crippen LogP contribution in [0.15, 0.2) is 43.9 Å². The Morgan fingerprint density at radius 2 is 1.94 bits per heavy atom. The van der Waals surface area contributed by atoms with Crippen LogP contribution in [0.4, 0.5) is 0 Å². The van der Waals surface area contributed by atoms with Gasteiger partial charge in [-0.1, -0.05) is 6.07 Å². The number of allylic oxidation sites excluding steroid dienone is 3. The van der Waals surface area contributed by atoms with Gasteiger partial charge in [-0.25, -0.2) is 0 Å². The van der Waals surface area contributed by atoms with E-state index in [0.717, 1.165) is 45.3 Å². The molecule has 3 aliphatic rings. The first-order chi connectivity index (χ1) is 15.4. The van der Waals surface area contributed by atoms with Crippen LogP contribution in [0.25, 0.3) is 0 Å². The average Bonchev–Trinajstić information content (AvgIpc) is 2.76. The van der Waals surface area contributed by atoms with Crippen molar-refractivity contribution in [1.82, 2.24) is 4.90 Å². The largest absolute Gasteiger partial charge is 0.493 e. The molecule has 0 bridgehead atoms. The van der Waals surface area contributed by atoms with Crippen molar-refractivity contribution in [2.45, 2.75) is 45.2 Å². The van der Waals surface area contributed by atoms with Crippen LogP contribution >= 0.6 is 31.9 Å². The number of nitrogens with zero attached hydrogens (tertiary/aromatic N) is 2. The van der Waals surface area contributed by atoms with Gasteiger partial charge in [-0.3, -0.25) is 9.79 Å². The van der Waals surface area contributed by atoms with Crippen LogP contribution in [0, 0.1) is 11.8 Å². The Hall–Kier alpha value is -1.80. The highest BCUT2D eigenvalue weighted by Gasteiger charge is 2.46. The summed E-state index contributed by atoms with van der Waals surface area (Å²) in [4.78, 5) is 19.9. The third kappa shape index (κ3) is 4.12. The van der Waals surface area contributed by atoms with E-state index in [1.165, 1.54) is 0 Å². The second-order valence-electron chi connectivity index (χ2n) is 8.28. The van der Waals surface area contributed by atoms with Gasteiger partial charge in [0, 0.05) is 10.2 Å². The van der Waals surface area contributed by atoms with Crippen molar-refractivity contribution < 1.29 is 19.0 Å². The van der Waals surface area contributed by atoms with E-state index in [-0.39, 0.29) is 29.9 Å². The summed E-state index contributed by atoms with van der Waals surface area (Å²) in [5, 5.41) is 0. The molecule has 1 aliphatic carbocycles. The molecule has 32 heavy (non-hydrogen) atoms. The lowest BCUT2D eigenvalue weighted by atomic mass is 9.67. The smallest absolute Gasteiger partial charge is 0.309 e. The van der Waals surface area contributed by atoms with Crippen molar-refractivity contribution in [3.05, 3.63) is 44.5 Å². The minimum Gasteiger partial charge on any atom is -0.493 e. The van der Waals surface area contributed by atoms with Crippen LogP contribution in [0.3, 0.4) is 0 Å². The summed E-state index contributed by atoms with van der Waals surface area (Å²) in [6.07, 6.45) is 4.71. The quantitative estimate of drug-likeness (QED) is 0.411. The lowest BCUT2D eigenvalue weighted by Gasteiger charge is -2.47. The lowest BCUT2D eigenvalue weighted by molar-refractivity contribution is -0.155. The molecule has 172 valence electrons. The average molecular weight is 568 g/mol. The fourth-order valence-electron chi connectivity index (χ4n) is 4.86. The number of fused-ring (bicyclic) bond motifs is 1. The van der Waals surface area contributed by atoms with E-state index in [2.05, 4.69) is 49.7 Å². The normalized spacial score (nSPS) is 27.1. The SMILES string of the molecule is CCOC(=O)C1CCC1C1CC(c2ccc(OC)c(OC)c2)N2C(=N1)C(Br)=CC(Br)=C2C. The molecule has 0 N–H and O–H groups in total. The van der Waals surface area contributed by atoms with Crippen LogP contribution < -0.4 is 9.47 Å². The Bertz CT molecular complexity index is 1000. The number of rotatable bonds is 6. The number of carbonyl (C=O) groups is 1. The first-order valence-electron chi connectivity index (χ1n) is 10.9. The van der Waals surface area contributed by atoms with E-state index in [0.29, 0.717) is 18.1 Å². The third-order valence-electron chi connectivity index (χ3n) is 6.67. The number of ether oxygens (including phenoxy) is 3. The Kier molecular flexibility index (Phi) is 7.00. The van der Waals surface area contributed by atoms with Crippen molar-refractivity contribution in [2.75, 3.05) is 20.8 Å². The summed E-state index contributed by atoms with van der Waals surface area (Å²) in [6.45, 7) is 4.36. The van der Waals surface area contributed by atoms with E-state index >= 15 is 0 Å². The Balaban J connectivity index is 1.74. The van der Waals surface area contributed by atoms with Gasteiger partial charge >= 0.3 is 5.97 Å². The van der Waals surface area contributed by atoms with Crippen LogP contribution in [-0.2, 0) is 9.53 Å². The Morgan fingerprint density at radius 1 is 1.19 bits per heavy atom. The minimum atomic E-state index is -0.0916. The van der Waals surface area contributed by atoms with Gasteiger partial charge in [-0.05, 0) is 94.7 Å². The van der Waals surface area contributed by atoms with Gasteiger partial charge in [0.1, 0.15) is 5.84 Å². The van der Waals surface area contributed by atoms with E-state index in [1.807, 2.05) is 25.1 Å². The van der Waals surface area contributed by atoms with Crippen LogP contribution in [0.2, 0.25) is 0 Å². The summed E-state index contributed by atoms with van der Waals surface area (Å²) in [6, 6.07) is 6.16. The summed E-state index contributed by atoms with van der Waals surface area (Å²) >= 11 is 7.42. The highest BCUT2D eigenvalue weighted by Crippen LogP contribution is 2.48. The molecular weight excluding hydrogens is 540 g/mol. The topological polar surface area (TPSA) is 60.4 Å². The maximum atomic E-state index is 12.5. The van der Waals surface area contributed by atoms with Crippen molar-refractivity contribution in [1.29, 1.82) is 0 Å². The number of amidine groups is 1. The molecule has 1 fully saturated rings. The maximum Gasteiger partial charge on any atom is 0.309 e. The number of aliphatic imine (C=N–C) groups is 1. The lowest BCUT2D eigenvalue weighted by Crippen LogP contribution is -2.48. The number of esters is 1. The number of hydrogen-bond donors (Lipinski definition) is 0. The highest BCUT2D eigenvalue weighted by molar-refractivity contribution is 9.12. The van der Waals surface area contributed by atoms with Crippen LogP contribution in [0.1, 0.15) is 44.7 Å². The molecule has 1 aromatic rings. The van der Waals surface area contributed by atoms with Crippen LogP contribution in [-0.4, -0.2) is 43.6 Å². The molecule has 0 aromatic heterocycles. The minimum absolute atomic E-state index is 0.0353. The van der Waals surface area contributed by atoms with Crippen molar-refractivity contribution in [3.8, 4) is 11.5 Å². The standard InChI is InChI=1S/C24H28Br2N2O4/c1-5-32-24(29)16-8-7-15(16)19-12-20(14-6-9-21(30-3)22(10-14)31-4)28-13(2)17(25)11-18(26)23(28)27-19/h6,9-11,15-16,19-20H,5,7-8,12H2,1-4H3. The number of carbonyl (C=O) groups excluding carboxylic acids is 1. The molecule has 1 aromatic carbocycles. The molecular formula is C24H28Br2N2O4. The fraction of sp³-hybridized carbons (Fsp3) is 0.500. The van der Waals surface area contributed by atoms with Gasteiger partial charge in [-0.2, -0.15) is 0 Å². The van der Waals surface area contributed by atoms with Gasteiger partial charge in [0.25, 0.3) is 0 Å². The number of methoxy groups -OCH3 is 2. The van der Waals surface area contributed by atoms with Gasteiger partial charge in [-0.15, -0.1) is 0 Å². The molecule has 2 aliphatic heterocycles. The molecule has 8 heteroatoms. The fourth-order valence-corrected chi connectivity index (χ4v) is 6.11.